The van der Waals surface area contributed by atoms with Crippen LogP contribution in [0.25, 0.3) is 0 Å². The monoisotopic (exact) mass is 601 g/mol. The van der Waals surface area contributed by atoms with Gasteiger partial charge >= 0.3 is 0 Å². The van der Waals surface area contributed by atoms with Crippen molar-refractivity contribution in [3.05, 3.63) is 83.2 Å². The molecule has 4 heterocycles. The lowest BCUT2D eigenvalue weighted by Gasteiger charge is -2.37. The molecule has 0 saturated carbocycles. The Labute approximate surface area is 266 Å². The number of likely N-dealkylation sites (tertiary alicyclic amines) is 1. The van der Waals surface area contributed by atoms with Gasteiger partial charge in [-0.15, -0.1) is 0 Å². The highest BCUT2D eigenvalue weighted by Crippen LogP contribution is 2.42. The molecule has 2 saturated heterocycles. The van der Waals surface area contributed by atoms with Crippen molar-refractivity contribution < 1.29 is 4.39 Å². The zero-order valence-corrected chi connectivity index (χ0v) is 28.6. The molecule has 0 N–H and O–H groups in total. The normalized spacial score (nSPS) is 22.5. The van der Waals surface area contributed by atoms with Gasteiger partial charge in [-0.1, -0.05) is 73.3 Å². The number of pyridine rings is 1. The SMILES string of the molecule is C=C(CC(C)(C)C)N1CC(CN2CCCCC2C)N(CC(=C)N2CC(C)(C)c3nc(CC)c(Cc4ccc(F)cc4)cc32)C1. The molecule has 1 aromatic carbocycles. The molecule has 5 rings (SSSR count). The van der Waals surface area contributed by atoms with Gasteiger partial charge in [0.2, 0.25) is 0 Å². The average molecular weight is 602 g/mol. The first kappa shape index (κ1) is 32.7. The van der Waals surface area contributed by atoms with Crippen LogP contribution in [0, 0.1) is 11.2 Å². The van der Waals surface area contributed by atoms with Gasteiger partial charge in [0, 0.05) is 60.8 Å². The highest BCUT2D eigenvalue weighted by atomic mass is 19.1. The average Bonchev–Trinajstić information content (AvgIpc) is 3.47. The number of benzene rings is 1. The Morgan fingerprint density at radius 3 is 2.45 bits per heavy atom. The van der Waals surface area contributed by atoms with Crippen molar-refractivity contribution in [3.63, 3.8) is 0 Å². The Morgan fingerprint density at radius 1 is 1.07 bits per heavy atom. The summed E-state index contributed by atoms with van der Waals surface area (Å²) in [5, 5.41) is 0. The molecule has 3 aliphatic rings. The van der Waals surface area contributed by atoms with Gasteiger partial charge in [-0.3, -0.25) is 14.8 Å². The number of fused-ring (bicyclic) bond motifs is 1. The molecule has 2 aromatic rings. The van der Waals surface area contributed by atoms with Crippen LogP contribution >= 0.6 is 0 Å². The van der Waals surface area contributed by atoms with Crippen LogP contribution in [0.3, 0.4) is 0 Å². The molecule has 2 fully saturated rings. The summed E-state index contributed by atoms with van der Waals surface area (Å²) in [4.78, 5) is 15.6. The highest BCUT2D eigenvalue weighted by Gasteiger charge is 2.40. The zero-order valence-electron chi connectivity index (χ0n) is 28.6. The lowest BCUT2D eigenvalue weighted by Crippen LogP contribution is -2.48. The first-order chi connectivity index (χ1) is 20.7. The lowest BCUT2D eigenvalue weighted by molar-refractivity contribution is 0.119. The molecule has 240 valence electrons. The Bertz CT molecular complexity index is 1340. The van der Waals surface area contributed by atoms with Crippen LogP contribution in [0.15, 0.2) is 54.9 Å². The zero-order chi connectivity index (χ0) is 31.8. The maximum Gasteiger partial charge on any atom is 0.123 e. The fourth-order valence-electron chi connectivity index (χ4n) is 7.49. The lowest BCUT2D eigenvalue weighted by atomic mass is 9.90. The summed E-state index contributed by atoms with van der Waals surface area (Å²) < 4.78 is 13.6. The Morgan fingerprint density at radius 2 is 1.80 bits per heavy atom. The number of rotatable bonds is 10. The molecule has 1 aromatic heterocycles. The number of anilines is 1. The van der Waals surface area contributed by atoms with E-state index in [0.717, 1.165) is 69.1 Å². The first-order valence-corrected chi connectivity index (χ1v) is 16.9. The van der Waals surface area contributed by atoms with Crippen molar-refractivity contribution in [1.82, 2.24) is 19.7 Å². The van der Waals surface area contributed by atoms with Gasteiger partial charge in [0.15, 0.2) is 0 Å². The molecule has 3 aliphatic heterocycles. The third-order valence-electron chi connectivity index (χ3n) is 9.93. The molecule has 2 atom stereocenters. The molecule has 2 unspecified atom stereocenters. The summed E-state index contributed by atoms with van der Waals surface area (Å²) in [5.74, 6) is -0.198. The van der Waals surface area contributed by atoms with Gasteiger partial charge in [0.25, 0.3) is 0 Å². The number of aryl methyl sites for hydroxylation is 1. The largest absolute Gasteiger partial charge is 0.361 e. The molecule has 0 amide bonds. The van der Waals surface area contributed by atoms with Crippen molar-refractivity contribution in [2.45, 2.75) is 104 Å². The fraction of sp³-hybridized carbons (Fsp3) is 0.605. The van der Waals surface area contributed by atoms with Crippen molar-refractivity contribution in [3.8, 4) is 0 Å². The predicted octanol–water partition coefficient (Wildman–Crippen LogP) is 7.75. The van der Waals surface area contributed by atoms with E-state index in [-0.39, 0.29) is 16.6 Å². The molecule has 0 aliphatic carbocycles. The summed E-state index contributed by atoms with van der Waals surface area (Å²) in [5.41, 5.74) is 8.33. The van der Waals surface area contributed by atoms with Crippen molar-refractivity contribution >= 4 is 5.69 Å². The maximum atomic E-state index is 13.6. The highest BCUT2D eigenvalue weighted by molar-refractivity contribution is 5.65. The standard InChI is InChI=1S/C38H56FN5/c1-10-34-31(19-30-14-16-32(39)17-15-30)20-35-36(40-34)38(8,9)25-44(35)29(4)22-43-26-42(28(3)21-37(5,6)7)24-33(43)23-41-18-12-11-13-27(41)2/h14-17,20,27,33H,3-4,10-13,18-19,21-26H2,1-2,5-9H3. The minimum absolute atomic E-state index is 0.0722. The van der Waals surface area contributed by atoms with E-state index in [0.29, 0.717) is 12.1 Å². The predicted molar refractivity (Wildman–Crippen MR) is 182 cm³/mol. The van der Waals surface area contributed by atoms with Crippen LogP contribution in [0.4, 0.5) is 10.1 Å². The van der Waals surface area contributed by atoms with Crippen LogP contribution in [-0.4, -0.2) is 71.2 Å². The minimum Gasteiger partial charge on any atom is -0.361 e. The number of halogens is 1. The third-order valence-corrected chi connectivity index (χ3v) is 9.93. The van der Waals surface area contributed by atoms with Gasteiger partial charge in [0.05, 0.1) is 18.1 Å². The molecule has 44 heavy (non-hydrogen) atoms. The van der Waals surface area contributed by atoms with Gasteiger partial charge in [-0.2, -0.15) is 0 Å². The Hall–Kier alpha value is -2.70. The van der Waals surface area contributed by atoms with E-state index in [9.17, 15) is 4.39 Å². The second-order valence-corrected chi connectivity index (χ2v) is 15.6. The minimum atomic E-state index is -0.198. The summed E-state index contributed by atoms with van der Waals surface area (Å²) in [6.45, 7) is 31.3. The summed E-state index contributed by atoms with van der Waals surface area (Å²) in [6, 6.07) is 10.3. The number of hydrogen-bond acceptors (Lipinski definition) is 5. The number of piperidine rings is 1. The van der Waals surface area contributed by atoms with E-state index >= 15 is 0 Å². The van der Waals surface area contributed by atoms with Crippen LogP contribution < -0.4 is 4.90 Å². The quantitative estimate of drug-likeness (QED) is 0.277. The molecule has 0 bridgehead atoms. The second-order valence-electron chi connectivity index (χ2n) is 15.6. The van der Waals surface area contributed by atoms with Crippen LogP contribution in [0.5, 0.6) is 0 Å². The summed E-state index contributed by atoms with van der Waals surface area (Å²) >= 11 is 0. The molecule has 6 heteroatoms. The Balaban J connectivity index is 1.39. The van der Waals surface area contributed by atoms with Gasteiger partial charge < -0.3 is 9.80 Å². The van der Waals surface area contributed by atoms with Crippen LogP contribution in [-0.2, 0) is 18.3 Å². The molecule has 0 radical (unpaired) electrons. The maximum absolute atomic E-state index is 13.6. The van der Waals surface area contributed by atoms with E-state index < -0.39 is 0 Å². The molecule has 5 nitrogen and oxygen atoms in total. The van der Waals surface area contributed by atoms with E-state index in [1.165, 1.54) is 48.4 Å². The smallest absolute Gasteiger partial charge is 0.123 e. The second kappa shape index (κ2) is 13.0. The molecular weight excluding hydrogens is 545 g/mol. The number of hydrogen-bond donors (Lipinski definition) is 0. The van der Waals surface area contributed by atoms with Crippen molar-refractivity contribution in [2.75, 3.05) is 44.3 Å². The molecular formula is C38H56FN5. The van der Waals surface area contributed by atoms with E-state index in [4.69, 9.17) is 11.6 Å². The first-order valence-electron chi connectivity index (χ1n) is 16.9. The van der Waals surface area contributed by atoms with Gasteiger partial charge in [0.1, 0.15) is 5.82 Å². The topological polar surface area (TPSA) is 25.9 Å². The van der Waals surface area contributed by atoms with E-state index in [1.54, 1.807) is 12.1 Å². The number of aromatic nitrogens is 1. The van der Waals surface area contributed by atoms with Crippen LogP contribution in [0.1, 0.15) is 96.7 Å². The number of nitrogens with zero attached hydrogens (tertiary/aromatic N) is 5. The summed E-state index contributed by atoms with van der Waals surface area (Å²) in [7, 11) is 0. The third kappa shape index (κ3) is 7.39. The van der Waals surface area contributed by atoms with Crippen molar-refractivity contribution in [2.24, 2.45) is 5.41 Å². The number of allylic oxidation sites excluding steroid dienone is 1. The van der Waals surface area contributed by atoms with Crippen LogP contribution in [0.2, 0.25) is 0 Å². The summed E-state index contributed by atoms with van der Waals surface area (Å²) in [6.07, 6.45) is 6.57. The Kier molecular flexibility index (Phi) is 9.63. The van der Waals surface area contributed by atoms with Crippen molar-refractivity contribution in [1.29, 1.82) is 0 Å². The fourth-order valence-corrected chi connectivity index (χ4v) is 7.49. The van der Waals surface area contributed by atoms with Gasteiger partial charge in [-0.25, -0.2) is 4.39 Å². The van der Waals surface area contributed by atoms with E-state index in [1.807, 2.05) is 12.1 Å². The molecule has 0 spiro atoms. The van der Waals surface area contributed by atoms with Gasteiger partial charge in [-0.05, 0) is 80.3 Å². The van der Waals surface area contributed by atoms with E-state index in [2.05, 4.69) is 80.7 Å².